The van der Waals surface area contributed by atoms with Gasteiger partial charge in [0.1, 0.15) is 0 Å². The highest BCUT2D eigenvalue weighted by Gasteiger charge is 2.16. The van der Waals surface area contributed by atoms with Crippen molar-refractivity contribution >= 4 is 17.2 Å². The maximum absolute atomic E-state index is 6.01. The van der Waals surface area contributed by atoms with Crippen LogP contribution in [0.5, 0.6) is 0 Å². The molecule has 3 heterocycles. The van der Waals surface area contributed by atoms with Crippen LogP contribution in [0.25, 0.3) is 5.65 Å². The van der Waals surface area contributed by atoms with Crippen molar-refractivity contribution in [2.75, 3.05) is 33.2 Å². The Morgan fingerprint density at radius 3 is 2.72 bits per heavy atom. The van der Waals surface area contributed by atoms with E-state index in [1.807, 2.05) is 22.7 Å². The minimum Gasteiger partial charge on any atom is -0.304 e. The molecule has 0 saturated carbocycles. The molecule has 2 aromatic heterocycles. The minimum atomic E-state index is 0.710. The molecule has 1 aliphatic heterocycles. The molecule has 0 aliphatic carbocycles. The summed E-state index contributed by atoms with van der Waals surface area (Å²) in [5, 5.41) is 9.12. The standard InChI is InChI=1S/C12H16ClN5/c1-16-4-6-17(7-5-16)9-12-15-14-11-3-2-10(13)8-18(11)12/h2-3,8H,4-7,9H2,1H3. The molecule has 5 nitrogen and oxygen atoms in total. The Morgan fingerprint density at radius 2 is 1.94 bits per heavy atom. The smallest absolute Gasteiger partial charge is 0.160 e. The number of pyridine rings is 1. The first-order valence-corrected chi connectivity index (χ1v) is 6.50. The highest BCUT2D eigenvalue weighted by atomic mass is 35.5. The third-order valence-electron chi connectivity index (χ3n) is 3.40. The Morgan fingerprint density at radius 1 is 1.17 bits per heavy atom. The lowest BCUT2D eigenvalue weighted by molar-refractivity contribution is 0.145. The van der Waals surface area contributed by atoms with Crippen LogP contribution in [-0.4, -0.2) is 57.6 Å². The monoisotopic (exact) mass is 265 g/mol. The summed E-state index contributed by atoms with van der Waals surface area (Å²) in [7, 11) is 2.16. The average Bonchev–Trinajstić information content (AvgIpc) is 2.75. The van der Waals surface area contributed by atoms with E-state index in [2.05, 4.69) is 27.0 Å². The zero-order valence-electron chi connectivity index (χ0n) is 10.4. The van der Waals surface area contributed by atoms with Gasteiger partial charge in [-0.1, -0.05) is 11.6 Å². The molecule has 6 heteroatoms. The number of likely N-dealkylation sites (N-methyl/N-ethyl adjacent to an activating group) is 1. The number of hydrogen-bond acceptors (Lipinski definition) is 4. The quantitative estimate of drug-likeness (QED) is 0.816. The van der Waals surface area contributed by atoms with Gasteiger partial charge in [0.15, 0.2) is 11.5 Å². The highest BCUT2D eigenvalue weighted by molar-refractivity contribution is 6.30. The Kier molecular flexibility index (Phi) is 3.20. The van der Waals surface area contributed by atoms with Crippen molar-refractivity contribution < 1.29 is 0 Å². The van der Waals surface area contributed by atoms with Gasteiger partial charge in [-0.15, -0.1) is 10.2 Å². The highest BCUT2D eigenvalue weighted by Crippen LogP contribution is 2.13. The molecule has 96 valence electrons. The van der Waals surface area contributed by atoms with E-state index in [0.717, 1.165) is 44.2 Å². The van der Waals surface area contributed by atoms with Crippen molar-refractivity contribution in [3.05, 3.63) is 29.2 Å². The van der Waals surface area contributed by atoms with Crippen LogP contribution in [0.15, 0.2) is 18.3 Å². The third kappa shape index (κ3) is 2.34. The van der Waals surface area contributed by atoms with Gasteiger partial charge in [-0.05, 0) is 19.2 Å². The Balaban J connectivity index is 1.80. The second-order valence-electron chi connectivity index (χ2n) is 4.77. The number of hydrogen-bond donors (Lipinski definition) is 0. The molecule has 18 heavy (non-hydrogen) atoms. The predicted octanol–water partition coefficient (Wildman–Crippen LogP) is 1.13. The fourth-order valence-corrected chi connectivity index (χ4v) is 2.39. The molecule has 2 aromatic rings. The van der Waals surface area contributed by atoms with E-state index >= 15 is 0 Å². The van der Waals surface area contributed by atoms with Crippen molar-refractivity contribution in [1.82, 2.24) is 24.4 Å². The van der Waals surface area contributed by atoms with Crippen LogP contribution >= 0.6 is 11.6 Å². The first-order valence-electron chi connectivity index (χ1n) is 6.12. The third-order valence-corrected chi connectivity index (χ3v) is 3.62. The second kappa shape index (κ2) is 4.84. The molecule has 1 aliphatic rings. The van der Waals surface area contributed by atoms with Gasteiger partial charge in [-0.2, -0.15) is 0 Å². The van der Waals surface area contributed by atoms with Crippen LogP contribution in [0.1, 0.15) is 5.82 Å². The van der Waals surface area contributed by atoms with Gasteiger partial charge < -0.3 is 4.90 Å². The summed E-state index contributed by atoms with van der Waals surface area (Å²) in [5.41, 5.74) is 0.850. The van der Waals surface area contributed by atoms with E-state index < -0.39 is 0 Å². The molecule has 0 N–H and O–H groups in total. The molecular formula is C12H16ClN5. The predicted molar refractivity (Wildman–Crippen MR) is 70.8 cm³/mol. The number of aromatic nitrogens is 3. The summed E-state index contributed by atoms with van der Waals surface area (Å²) in [6, 6.07) is 3.73. The number of fused-ring (bicyclic) bond motifs is 1. The van der Waals surface area contributed by atoms with Crippen LogP contribution in [0.2, 0.25) is 5.02 Å². The van der Waals surface area contributed by atoms with Crippen molar-refractivity contribution in [1.29, 1.82) is 0 Å². The topological polar surface area (TPSA) is 36.7 Å². The van der Waals surface area contributed by atoms with Crippen LogP contribution in [0.3, 0.4) is 0 Å². The summed E-state index contributed by atoms with van der Waals surface area (Å²) < 4.78 is 1.97. The zero-order valence-corrected chi connectivity index (χ0v) is 11.1. The number of nitrogens with zero attached hydrogens (tertiary/aromatic N) is 5. The summed E-state index contributed by atoms with van der Waals surface area (Å²) in [6.45, 7) is 5.20. The van der Waals surface area contributed by atoms with E-state index in [1.165, 1.54) is 0 Å². The van der Waals surface area contributed by atoms with Crippen LogP contribution in [0, 0.1) is 0 Å². The summed E-state index contributed by atoms with van der Waals surface area (Å²) in [4.78, 5) is 4.74. The molecule has 1 saturated heterocycles. The van der Waals surface area contributed by atoms with Gasteiger partial charge in [0, 0.05) is 32.4 Å². The summed E-state index contributed by atoms with van der Waals surface area (Å²) in [6.07, 6.45) is 1.88. The van der Waals surface area contributed by atoms with Crippen molar-refractivity contribution in [3.63, 3.8) is 0 Å². The van der Waals surface area contributed by atoms with Crippen LogP contribution in [0.4, 0.5) is 0 Å². The lowest BCUT2D eigenvalue weighted by Crippen LogP contribution is -2.44. The van der Waals surface area contributed by atoms with Gasteiger partial charge in [0.05, 0.1) is 11.6 Å². The molecule has 0 aromatic carbocycles. The van der Waals surface area contributed by atoms with Gasteiger partial charge in [-0.3, -0.25) is 9.30 Å². The van der Waals surface area contributed by atoms with Gasteiger partial charge in [-0.25, -0.2) is 0 Å². The molecular weight excluding hydrogens is 250 g/mol. The van der Waals surface area contributed by atoms with Gasteiger partial charge in [0.25, 0.3) is 0 Å². The molecule has 0 unspecified atom stereocenters. The first kappa shape index (κ1) is 11.9. The number of rotatable bonds is 2. The van der Waals surface area contributed by atoms with Gasteiger partial charge in [0.2, 0.25) is 0 Å². The number of halogens is 1. The largest absolute Gasteiger partial charge is 0.304 e. The Hall–Kier alpha value is -1.17. The van der Waals surface area contributed by atoms with Crippen molar-refractivity contribution in [3.8, 4) is 0 Å². The molecule has 0 bridgehead atoms. The fraction of sp³-hybridized carbons (Fsp3) is 0.500. The molecule has 3 rings (SSSR count). The normalized spacial score (nSPS) is 18.6. The van der Waals surface area contributed by atoms with E-state index in [1.54, 1.807) is 0 Å². The average molecular weight is 266 g/mol. The first-order chi connectivity index (χ1) is 8.72. The van der Waals surface area contributed by atoms with Crippen molar-refractivity contribution in [2.24, 2.45) is 0 Å². The van der Waals surface area contributed by atoms with Crippen LogP contribution in [-0.2, 0) is 6.54 Å². The lowest BCUT2D eigenvalue weighted by atomic mass is 10.3. The maximum Gasteiger partial charge on any atom is 0.160 e. The van der Waals surface area contributed by atoms with E-state index in [9.17, 15) is 0 Å². The minimum absolute atomic E-state index is 0.710. The second-order valence-corrected chi connectivity index (χ2v) is 5.21. The molecule has 1 fully saturated rings. The number of piperazine rings is 1. The van der Waals surface area contributed by atoms with E-state index in [-0.39, 0.29) is 0 Å². The molecule has 0 amide bonds. The maximum atomic E-state index is 6.01. The Bertz CT molecular complexity index is 544. The molecule has 0 atom stereocenters. The van der Waals surface area contributed by atoms with E-state index in [4.69, 9.17) is 11.6 Å². The summed E-state index contributed by atoms with van der Waals surface area (Å²) >= 11 is 6.01. The molecule has 0 radical (unpaired) electrons. The van der Waals surface area contributed by atoms with Crippen molar-refractivity contribution in [2.45, 2.75) is 6.54 Å². The van der Waals surface area contributed by atoms with Gasteiger partial charge >= 0.3 is 0 Å². The lowest BCUT2D eigenvalue weighted by Gasteiger charge is -2.31. The fourth-order valence-electron chi connectivity index (χ4n) is 2.23. The summed E-state index contributed by atoms with van der Waals surface area (Å²) in [5.74, 6) is 0.956. The van der Waals surface area contributed by atoms with E-state index in [0.29, 0.717) is 5.02 Å². The Labute approximate surface area is 111 Å². The van der Waals surface area contributed by atoms with Crippen LogP contribution < -0.4 is 0 Å². The SMILES string of the molecule is CN1CCN(Cc2nnc3ccc(Cl)cn23)CC1. The molecule has 0 spiro atoms. The zero-order chi connectivity index (χ0) is 12.5.